The summed E-state index contributed by atoms with van der Waals surface area (Å²) < 4.78 is 31.3. The van der Waals surface area contributed by atoms with E-state index >= 15 is 0 Å². The Morgan fingerprint density at radius 2 is 2.03 bits per heavy atom. The van der Waals surface area contributed by atoms with Crippen LogP contribution in [-0.2, 0) is 14.8 Å². The first-order valence-corrected chi connectivity index (χ1v) is 10.8. The fourth-order valence-corrected chi connectivity index (χ4v) is 4.02. The number of carbonyl (C=O) groups excluding carboxylic acids is 1. The summed E-state index contributed by atoms with van der Waals surface area (Å²) in [7, 11) is -3.93. The summed E-state index contributed by atoms with van der Waals surface area (Å²) in [4.78, 5) is 23.3. The van der Waals surface area contributed by atoms with Gasteiger partial charge in [0.15, 0.2) is 0 Å². The Bertz CT molecular complexity index is 1070. The van der Waals surface area contributed by atoms with E-state index in [9.17, 15) is 23.3 Å². The third-order valence-corrected chi connectivity index (χ3v) is 5.43. The van der Waals surface area contributed by atoms with Gasteiger partial charge in [0.25, 0.3) is 5.69 Å². The monoisotopic (exact) mass is 433 g/mol. The van der Waals surface area contributed by atoms with Gasteiger partial charge in [0.1, 0.15) is 18.4 Å². The van der Waals surface area contributed by atoms with Crippen molar-refractivity contribution in [3.05, 3.63) is 70.8 Å². The van der Waals surface area contributed by atoms with Gasteiger partial charge in [0.2, 0.25) is 15.9 Å². The van der Waals surface area contributed by atoms with E-state index in [0.29, 0.717) is 23.6 Å². The summed E-state index contributed by atoms with van der Waals surface area (Å²) in [5.74, 6) is -0.0953. The molecule has 0 radical (unpaired) electrons. The van der Waals surface area contributed by atoms with Gasteiger partial charge >= 0.3 is 0 Å². The van der Waals surface area contributed by atoms with Crippen LogP contribution in [0.2, 0.25) is 0 Å². The molecule has 0 aliphatic heterocycles. The number of benzene rings is 2. The van der Waals surface area contributed by atoms with Crippen molar-refractivity contribution in [3.8, 4) is 5.75 Å². The minimum absolute atomic E-state index is 0.0671. The van der Waals surface area contributed by atoms with Gasteiger partial charge in [-0.1, -0.05) is 24.8 Å². The van der Waals surface area contributed by atoms with Crippen LogP contribution in [0.25, 0.3) is 0 Å². The van der Waals surface area contributed by atoms with Crippen LogP contribution in [-0.4, -0.2) is 38.2 Å². The number of non-ortho nitro benzene ring substituents is 1. The molecular formula is C20H23N3O6S. The van der Waals surface area contributed by atoms with Crippen LogP contribution in [0.3, 0.4) is 0 Å². The zero-order valence-electron chi connectivity index (χ0n) is 16.9. The van der Waals surface area contributed by atoms with Crippen molar-refractivity contribution in [2.24, 2.45) is 0 Å². The number of hydrogen-bond donors (Lipinski definition) is 1. The van der Waals surface area contributed by atoms with E-state index in [1.807, 2.05) is 0 Å². The number of amides is 1. The molecule has 30 heavy (non-hydrogen) atoms. The molecule has 2 rings (SSSR count). The second-order valence-corrected chi connectivity index (χ2v) is 8.44. The fraction of sp³-hybridized carbons (Fsp3) is 0.250. The van der Waals surface area contributed by atoms with Gasteiger partial charge < -0.3 is 10.1 Å². The summed E-state index contributed by atoms with van der Waals surface area (Å²) >= 11 is 0. The Kier molecular flexibility index (Phi) is 7.17. The third kappa shape index (κ3) is 5.57. The number of aryl methyl sites for hydroxylation is 1. The van der Waals surface area contributed by atoms with Crippen LogP contribution >= 0.6 is 0 Å². The number of nitro groups is 1. The summed E-state index contributed by atoms with van der Waals surface area (Å²) in [5.41, 5.74) is 0.685. The summed E-state index contributed by atoms with van der Waals surface area (Å²) in [6.45, 7) is 6.88. The molecule has 0 unspecified atom stereocenters. The highest BCUT2D eigenvalue weighted by Gasteiger charge is 2.31. The number of nitrogens with zero attached hydrogens (tertiary/aromatic N) is 2. The summed E-state index contributed by atoms with van der Waals surface area (Å²) in [5, 5.41) is 13.8. The molecule has 0 heterocycles. The van der Waals surface area contributed by atoms with Crippen LogP contribution in [0, 0.1) is 17.0 Å². The van der Waals surface area contributed by atoms with Crippen LogP contribution in [0.1, 0.15) is 12.5 Å². The van der Waals surface area contributed by atoms with Crippen LogP contribution in [0.5, 0.6) is 5.75 Å². The van der Waals surface area contributed by atoms with Crippen molar-refractivity contribution in [1.29, 1.82) is 0 Å². The molecule has 2 aromatic carbocycles. The molecule has 0 aromatic heterocycles. The molecule has 0 bridgehead atoms. The predicted octanol–water partition coefficient (Wildman–Crippen LogP) is 3.26. The lowest BCUT2D eigenvalue weighted by Gasteiger charge is -2.29. The molecule has 0 spiro atoms. The maximum Gasteiger partial charge on any atom is 0.271 e. The zero-order valence-corrected chi connectivity index (χ0v) is 17.7. The number of nitrogens with one attached hydrogen (secondary N) is 1. The Balaban J connectivity index is 2.36. The van der Waals surface area contributed by atoms with Gasteiger partial charge in [-0.25, -0.2) is 8.42 Å². The Labute approximate surface area is 175 Å². The first kappa shape index (κ1) is 22.9. The molecule has 0 aliphatic carbocycles. The largest absolute Gasteiger partial charge is 0.489 e. The maximum absolute atomic E-state index is 12.8. The predicted molar refractivity (Wildman–Crippen MR) is 115 cm³/mol. The van der Waals surface area contributed by atoms with Crippen molar-refractivity contribution < 1.29 is 22.9 Å². The Morgan fingerprint density at radius 1 is 1.33 bits per heavy atom. The molecule has 0 aliphatic rings. The third-order valence-electron chi connectivity index (χ3n) is 4.20. The van der Waals surface area contributed by atoms with Crippen LogP contribution < -0.4 is 14.4 Å². The number of nitro benzene ring substituents is 1. The van der Waals surface area contributed by atoms with Gasteiger partial charge in [-0.3, -0.25) is 19.2 Å². The standard InChI is InChI=1S/C20H23N3O6S/c1-5-11-29-18-8-6-7-16(12-18)21-20(24)15(3)22(30(4,27)28)19-13-17(23(25)26)10-9-14(19)2/h5-10,12-13,15H,1,11H2,2-4H3,(H,21,24)/t15-/m1/s1. The number of hydrogen-bond acceptors (Lipinski definition) is 6. The maximum atomic E-state index is 12.8. The highest BCUT2D eigenvalue weighted by Crippen LogP contribution is 2.29. The van der Waals surface area contributed by atoms with Crippen LogP contribution in [0.4, 0.5) is 17.1 Å². The second kappa shape index (κ2) is 9.40. The minimum Gasteiger partial charge on any atom is -0.489 e. The van der Waals surface area contributed by atoms with Gasteiger partial charge in [0.05, 0.1) is 16.9 Å². The van der Waals surface area contributed by atoms with E-state index in [4.69, 9.17) is 4.74 Å². The zero-order chi connectivity index (χ0) is 22.5. The van der Waals surface area contributed by atoms with Crippen molar-refractivity contribution in [2.45, 2.75) is 19.9 Å². The van der Waals surface area contributed by atoms with E-state index in [1.165, 1.54) is 19.1 Å². The fourth-order valence-electron chi connectivity index (χ4n) is 2.80. The molecule has 0 fully saturated rings. The topological polar surface area (TPSA) is 119 Å². The summed E-state index contributed by atoms with van der Waals surface area (Å²) in [6, 6.07) is 9.31. The molecular weight excluding hydrogens is 410 g/mol. The van der Waals surface area contributed by atoms with E-state index < -0.39 is 26.9 Å². The highest BCUT2D eigenvalue weighted by atomic mass is 32.2. The molecule has 1 amide bonds. The minimum atomic E-state index is -3.93. The SMILES string of the molecule is C=CCOc1cccc(NC(=O)[C@@H](C)N(c2cc([N+](=O)[O-])ccc2C)S(C)(=O)=O)c1. The Hall–Kier alpha value is -3.40. The van der Waals surface area contributed by atoms with Crippen molar-refractivity contribution >= 4 is 33.0 Å². The lowest BCUT2D eigenvalue weighted by atomic mass is 10.1. The molecule has 1 atom stereocenters. The normalized spacial score (nSPS) is 12.0. The number of rotatable bonds is 9. The number of anilines is 2. The number of sulfonamides is 1. The average molecular weight is 433 g/mol. The lowest BCUT2D eigenvalue weighted by Crippen LogP contribution is -2.45. The lowest BCUT2D eigenvalue weighted by molar-refractivity contribution is -0.384. The van der Waals surface area contributed by atoms with E-state index in [1.54, 1.807) is 37.3 Å². The molecule has 2 aromatic rings. The quantitative estimate of drug-likeness (QED) is 0.368. The first-order valence-electron chi connectivity index (χ1n) is 8.93. The summed E-state index contributed by atoms with van der Waals surface area (Å²) in [6.07, 6.45) is 2.53. The van der Waals surface area contributed by atoms with Crippen molar-refractivity contribution in [1.82, 2.24) is 0 Å². The Morgan fingerprint density at radius 3 is 2.63 bits per heavy atom. The second-order valence-electron chi connectivity index (χ2n) is 6.58. The van der Waals surface area contributed by atoms with Gasteiger partial charge in [-0.2, -0.15) is 0 Å². The molecule has 160 valence electrons. The van der Waals surface area contributed by atoms with E-state index in [-0.39, 0.29) is 11.4 Å². The van der Waals surface area contributed by atoms with Gasteiger partial charge in [-0.15, -0.1) is 0 Å². The molecule has 0 saturated heterocycles. The van der Waals surface area contributed by atoms with Crippen molar-refractivity contribution in [2.75, 3.05) is 22.5 Å². The van der Waals surface area contributed by atoms with E-state index in [2.05, 4.69) is 11.9 Å². The number of ether oxygens (including phenoxy) is 1. The average Bonchev–Trinajstić information content (AvgIpc) is 2.67. The van der Waals surface area contributed by atoms with Crippen LogP contribution in [0.15, 0.2) is 55.1 Å². The van der Waals surface area contributed by atoms with Gasteiger partial charge in [-0.05, 0) is 31.5 Å². The molecule has 1 N–H and O–H groups in total. The first-order chi connectivity index (χ1) is 14.0. The van der Waals surface area contributed by atoms with E-state index in [0.717, 1.165) is 16.6 Å². The highest BCUT2D eigenvalue weighted by molar-refractivity contribution is 7.92. The molecule has 10 heteroatoms. The molecule has 0 saturated carbocycles. The number of carbonyl (C=O) groups is 1. The smallest absolute Gasteiger partial charge is 0.271 e. The van der Waals surface area contributed by atoms with Crippen molar-refractivity contribution in [3.63, 3.8) is 0 Å². The molecule has 9 nitrogen and oxygen atoms in total. The van der Waals surface area contributed by atoms with Gasteiger partial charge in [0, 0.05) is 23.9 Å².